The number of ether oxygens (including phenoxy) is 1. The second-order valence-electron chi connectivity index (χ2n) is 9.75. The predicted octanol–water partition coefficient (Wildman–Crippen LogP) is 5.82. The van der Waals surface area contributed by atoms with E-state index in [4.69, 9.17) is 4.74 Å². The third kappa shape index (κ3) is 5.32. The summed E-state index contributed by atoms with van der Waals surface area (Å²) < 4.78 is 19.7. The molecule has 1 aliphatic carbocycles. The molecule has 0 bridgehead atoms. The minimum atomic E-state index is -2.17. The van der Waals surface area contributed by atoms with Gasteiger partial charge >= 0.3 is 0 Å². The molecule has 0 saturated heterocycles. The summed E-state index contributed by atoms with van der Waals surface area (Å²) in [6.07, 6.45) is 3.35. The molecule has 3 nitrogen and oxygen atoms in total. The standard InChI is InChI=1S/C35H30NO2P/c1-38-34-17-9-6-12-27(34)23-28-13-7-10-18-35(28)39(37)24-33(36-30-14-3-2-4-15-30)26-19-20-32-29(22-26)21-25-11-5-8-16-31(25)32/h2-22,36,39H,23-24H2,1H3. The van der Waals surface area contributed by atoms with Crippen molar-refractivity contribution in [2.75, 3.05) is 18.6 Å². The lowest BCUT2D eigenvalue weighted by atomic mass is 10.0. The van der Waals surface area contributed by atoms with Crippen molar-refractivity contribution in [3.05, 3.63) is 159 Å². The minimum Gasteiger partial charge on any atom is -0.496 e. The molecule has 1 atom stereocenters. The second kappa shape index (κ2) is 11.2. The quantitative estimate of drug-likeness (QED) is 0.254. The number of hydrogen-bond acceptors (Lipinski definition) is 3. The molecular formula is C35H30NO2P. The fourth-order valence-electron chi connectivity index (χ4n) is 5.32. The summed E-state index contributed by atoms with van der Waals surface area (Å²) in [7, 11) is -0.476. The Kier molecular flexibility index (Phi) is 7.17. The van der Waals surface area contributed by atoms with Gasteiger partial charge in [-0.2, -0.15) is 0 Å². The van der Waals surface area contributed by atoms with Crippen molar-refractivity contribution >= 4 is 30.6 Å². The first-order valence-corrected chi connectivity index (χ1v) is 14.8. The molecule has 0 amide bonds. The molecule has 0 radical (unpaired) electrons. The zero-order valence-electron chi connectivity index (χ0n) is 21.9. The lowest BCUT2D eigenvalue weighted by Gasteiger charge is -2.15. The summed E-state index contributed by atoms with van der Waals surface area (Å²) in [6.45, 7) is 0. The lowest BCUT2D eigenvalue weighted by Crippen LogP contribution is -2.17. The molecule has 192 valence electrons. The fourth-order valence-corrected chi connectivity index (χ4v) is 6.94. The van der Waals surface area contributed by atoms with E-state index in [1.54, 1.807) is 7.11 Å². The number of rotatable bonds is 8. The number of nitrogens with one attached hydrogen (secondary N) is 1. The molecule has 5 aromatic carbocycles. The number of fused-ring (bicyclic) bond motifs is 2. The van der Waals surface area contributed by atoms with Crippen LogP contribution in [0.3, 0.4) is 0 Å². The van der Waals surface area contributed by atoms with Crippen LogP contribution in [0, 0.1) is 10.4 Å². The van der Waals surface area contributed by atoms with Crippen molar-refractivity contribution in [2.45, 2.75) is 6.42 Å². The monoisotopic (exact) mass is 527 g/mol. The summed E-state index contributed by atoms with van der Waals surface area (Å²) in [5.74, 6) is 0.848. The van der Waals surface area contributed by atoms with Gasteiger partial charge in [0.05, 0.1) is 7.11 Å². The average Bonchev–Trinajstić information content (AvgIpc) is 3.36. The van der Waals surface area contributed by atoms with E-state index in [1.165, 1.54) is 21.2 Å². The molecule has 4 heteroatoms. The zero-order chi connectivity index (χ0) is 26.6. The van der Waals surface area contributed by atoms with Crippen LogP contribution >= 0.6 is 7.80 Å². The van der Waals surface area contributed by atoms with Crippen LogP contribution in [0.2, 0.25) is 0 Å². The summed E-state index contributed by atoms with van der Waals surface area (Å²) in [5.41, 5.74) is 5.30. The maximum atomic E-state index is 14.1. The zero-order valence-corrected chi connectivity index (χ0v) is 22.9. The molecule has 1 unspecified atom stereocenters. The largest absolute Gasteiger partial charge is 0.496 e. The van der Waals surface area contributed by atoms with Crippen molar-refractivity contribution in [2.24, 2.45) is 0 Å². The highest BCUT2D eigenvalue weighted by Gasteiger charge is 2.15. The van der Waals surface area contributed by atoms with E-state index in [-0.39, 0.29) is 0 Å². The third-order valence-corrected chi connectivity index (χ3v) is 9.02. The topological polar surface area (TPSA) is 38.3 Å². The molecule has 0 spiro atoms. The molecule has 0 heterocycles. The lowest BCUT2D eigenvalue weighted by molar-refractivity contribution is 0.410. The molecule has 0 fully saturated rings. The Balaban J connectivity index is 1.40. The van der Waals surface area contributed by atoms with Gasteiger partial charge in [-0.15, -0.1) is 0 Å². The molecule has 0 aromatic heterocycles. The highest BCUT2D eigenvalue weighted by Crippen LogP contribution is 2.29. The van der Waals surface area contributed by atoms with Crippen LogP contribution in [0.4, 0.5) is 5.69 Å². The van der Waals surface area contributed by atoms with Crippen molar-refractivity contribution in [3.8, 4) is 5.75 Å². The minimum absolute atomic E-state index is 0.439. The van der Waals surface area contributed by atoms with Crippen LogP contribution < -0.4 is 25.8 Å². The summed E-state index contributed by atoms with van der Waals surface area (Å²) in [6, 6.07) is 41.3. The molecule has 0 aliphatic heterocycles. The van der Waals surface area contributed by atoms with Gasteiger partial charge in [0, 0.05) is 29.3 Å². The van der Waals surface area contributed by atoms with Gasteiger partial charge in [0.15, 0.2) is 0 Å². The summed E-state index contributed by atoms with van der Waals surface area (Å²) in [4.78, 5) is 0. The van der Waals surface area contributed by atoms with Crippen LogP contribution in [0.5, 0.6) is 5.75 Å². The number of benzene rings is 5. The molecule has 1 N–H and O–H groups in total. The Hall–Kier alpha value is -4.33. The summed E-state index contributed by atoms with van der Waals surface area (Å²) >= 11 is 0. The van der Waals surface area contributed by atoms with Gasteiger partial charge in [-0.3, -0.25) is 0 Å². The maximum Gasteiger partial charge on any atom is 0.122 e. The SMILES string of the molecule is COc1ccccc1Cc1ccccc1[PH](=O)CC(Nc1ccccc1)=c1ccc2c(c1)C=c1ccccc1=2. The van der Waals surface area contributed by atoms with Crippen LogP contribution in [-0.2, 0) is 11.0 Å². The van der Waals surface area contributed by atoms with Crippen LogP contribution in [0.25, 0.3) is 11.8 Å². The van der Waals surface area contributed by atoms with Gasteiger partial charge < -0.3 is 14.6 Å². The van der Waals surface area contributed by atoms with Crippen molar-refractivity contribution in [3.63, 3.8) is 0 Å². The van der Waals surface area contributed by atoms with Crippen molar-refractivity contribution in [1.29, 1.82) is 0 Å². The number of hydrogen-bond donors (Lipinski definition) is 1. The smallest absolute Gasteiger partial charge is 0.122 e. The van der Waals surface area contributed by atoms with E-state index in [0.717, 1.165) is 38.8 Å². The molecule has 0 saturated carbocycles. The Morgan fingerprint density at radius 2 is 1.46 bits per heavy atom. The van der Waals surface area contributed by atoms with Gasteiger partial charge in [-0.1, -0.05) is 97.1 Å². The van der Waals surface area contributed by atoms with Crippen LogP contribution in [0.15, 0.2) is 121 Å². The normalized spacial score (nSPS) is 13.1. The molecule has 1 aliphatic rings. The van der Waals surface area contributed by atoms with E-state index in [0.29, 0.717) is 12.6 Å². The van der Waals surface area contributed by atoms with Gasteiger partial charge in [0.1, 0.15) is 13.6 Å². The van der Waals surface area contributed by atoms with E-state index in [2.05, 4.69) is 66.0 Å². The van der Waals surface area contributed by atoms with Crippen molar-refractivity contribution < 1.29 is 9.30 Å². The first kappa shape index (κ1) is 25.0. The fraction of sp³-hybridized carbons (Fsp3) is 0.0857. The molecule has 6 rings (SSSR count). The predicted molar refractivity (Wildman–Crippen MR) is 163 cm³/mol. The van der Waals surface area contributed by atoms with Crippen LogP contribution in [0.1, 0.15) is 16.7 Å². The maximum absolute atomic E-state index is 14.1. The summed E-state index contributed by atoms with van der Waals surface area (Å²) in [5, 5.41) is 9.31. The molecule has 39 heavy (non-hydrogen) atoms. The Morgan fingerprint density at radius 3 is 2.31 bits per heavy atom. The Morgan fingerprint density at radius 1 is 0.744 bits per heavy atom. The van der Waals surface area contributed by atoms with Crippen LogP contribution in [-0.4, -0.2) is 13.3 Å². The van der Waals surface area contributed by atoms with Crippen molar-refractivity contribution in [1.82, 2.24) is 0 Å². The van der Waals surface area contributed by atoms with Gasteiger partial charge in [0.25, 0.3) is 0 Å². The van der Waals surface area contributed by atoms with Gasteiger partial charge in [-0.05, 0) is 67.9 Å². The highest BCUT2D eigenvalue weighted by atomic mass is 31.1. The van der Waals surface area contributed by atoms with E-state index in [1.807, 2.05) is 66.7 Å². The molecular weight excluding hydrogens is 497 g/mol. The Labute approximate surface area is 229 Å². The first-order valence-electron chi connectivity index (χ1n) is 13.2. The number of methoxy groups -OCH3 is 1. The van der Waals surface area contributed by atoms with E-state index < -0.39 is 7.80 Å². The van der Waals surface area contributed by atoms with Gasteiger partial charge in [0.2, 0.25) is 0 Å². The molecule has 5 aromatic rings. The number of anilines is 1. The third-order valence-electron chi connectivity index (χ3n) is 7.26. The van der Waals surface area contributed by atoms with Gasteiger partial charge in [-0.25, -0.2) is 0 Å². The second-order valence-corrected chi connectivity index (χ2v) is 11.5. The van der Waals surface area contributed by atoms with E-state index in [9.17, 15) is 4.57 Å². The average molecular weight is 528 g/mol. The number of para-hydroxylation sites is 2. The first-order chi connectivity index (χ1) is 19.2. The Bertz CT molecular complexity index is 1900. The highest BCUT2D eigenvalue weighted by molar-refractivity contribution is 7.54. The van der Waals surface area contributed by atoms with E-state index >= 15 is 0 Å².